The first-order valence-corrected chi connectivity index (χ1v) is 10.3. The molecule has 1 N–H and O–H groups in total. The van der Waals surface area contributed by atoms with Crippen LogP contribution in [-0.4, -0.2) is 34.8 Å². The Morgan fingerprint density at radius 1 is 1.07 bits per heavy atom. The van der Waals surface area contributed by atoms with Gasteiger partial charge in [0.15, 0.2) is 0 Å². The number of hydrogen-bond acceptors (Lipinski definition) is 3. The highest BCUT2D eigenvalue weighted by Gasteiger charge is 2.53. The largest absolute Gasteiger partial charge is 0.324 e. The van der Waals surface area contributed by atoms with Crippen LogP contribution in [-0.2, 0) is 15.0 Å². The topological polar surface area (TPSA) is 69.7 Å². The van der Waals surface area contributed by atoms with Gasteiger partial charge >= 0.3 is 0 Å². The highest BCUT2D eigenvalue weighted by Crippen LogP contribution is 2.43. The maximum absolute atomic E-state index is 13.3. The lowest BCUT2D eigenvalue weighted by atomic mass is 9.86. The van der Waals surface area contributed by atoms with Crippen LogP contribution in [0, 0.1) is 0 Å². The molecule has 3 amide bonds. The fourth-order valence-corrected chi connectivity index (χ4v) is 4.52. The summed E-state index contributed by atoms with van der Waals surface area (Å²) in [5.41, 5.74) is 1.87. The molecule has 0 spiro atoms. The van der Waals surface area contributed by atoms with E-state index in [0.29, 0.717) is 24.1 Å². The summed E-state index contributed by atoms with van der Waals surface area (Å²) in [6.45, 7) is 8.01. The van der Waals surface area contributed by atoms with Gasteiger partial charge in [-0.2, -0.15) is 0 Å². The highest BCUT2D eigenvalue weighted by molar-refractivity contribution is 6.11. The maximum atomic E-state index is 13.3. The Morgan fingerprint density at radius 2 is 1.73 bits per heavy atom. The van der Waals surface area contributed by atoms with Gasteiger partial charge in [-0.25, -0.2) is 0 Å². The second-order valence-corrected chi connectivity index (χ2v) is 9.20. The Bertz CT molecular complexity index is 1040. The van der Waals surface area contributed by atoms with Crippen molar-refractivity contribution in [2.45, 2.75) is 51.6 Å². The number of para-hydroxylation sites is 2. The van der Waals surface area contributed by atoms with Gasteiger partial charge in [-0.05, 0) is 42.5 Å². The highest BCUT2D eigenvalue weighted by atomic mass is 16.2. The zero-order valence-electron chi connectivity index (χ0n) is 17.9. The third-order valence-electron chi connectivity index (χ3n) is 6.06. The predicted octanol–water partition coefficient (Wildman–Crippen LogP) is 3.92. The molecule has 6 heteroatoms. The SMILES string of the molecule is CC(C)(C)c1ccccc1NC(=O)CN1C(=O)c2ccccc2N2C(=O)CCC12C. The molecule has 1 unspecified atom stereocenters. The third-order valence-corrected chi connectivity index (χ3v) is 6.06. The molecule has 30 heavy (non-hydrogen) atoms. The first kappa shape index (κ1) is 20.1. The van der Waals surface area contributed by atoms with E-state index >= 15 is 0 Å². The average Bonchev–Trinajstić information content (AvgIpc) is 3.00. The number of nitrogens with one attached hydrogen (secondary N) is 1. The Labute approximate surface area is 176 Å². The van der Waals surface area contributed by atoms with Gasteiger partial charge in [0.25, 0.3) is 5.91 Å². The minimum absolute atomic E-state index is 0.0269. The molecule has 0 bridgehead atoms. The normalized spacial score (nSPS) is 20.8. The number of benzene rings is 2. The van der Waals surface area contributed by atoms with E-state index in [9.17, 15) is 14.4 Å². The quantitative estimate of drug-likeness (QED) is 0.841. The average molecular weight is 405 g/mol. The summed E-state index contributed by atoms with van der Waals surface area (Å²) in [6, 6.07) is 14.8. The van der Waals surface area contributed by atoms with Crippen LogP contribution in [0.3, 0.4) is 0 Å². The maximum Gasteiger partial charge on any atom is 0.258 e. The van der Waals surface area contributed by atoms with E-state index in [0.717, 1.165) is 11.3 Å². The van der Waals surface area contributed by atoms with Gasteiger partial charge in [0.2, 0.25) is 11.8 Å². The van der Waals surface area contributed by atoms with E-state index in [1.165, 1.54) is 4.90 Å². The smallest absolute Gasteiger partial charge is 0.258 e. The standard InChI is InChI=1S/C24H27N3O3/c1-23(2,3)17-10-6-7-11-18(17)25-20(28)15-26-22(30)16-9-5-8-12-19(16)27-21(29)13-14-24(26,27)4/h5-12H,13-15H2,1-4H3,(H,25,28). The molecule has 2 aromatic rings. The number of carbonyl (C=O) groups excluding carboxylic acids is 3. The lowest BCUT2D eigenvalue weighted by molar-refractivity contribution is -0.120. The van der Waals surface area contributed by atoms with Crippen LogP contribution in [0.4, 0.5) is 11.4 Å². The third kappa shape index (κ3) is 3.16. The zero-order chi connectivity index (χ0) is 21.7. The molecule has 1 atom stereocenters. The number of rotatable bonds is 3. The van der Waals surface area contributed by atoms with Gasteiger partial charge in [-0.1, -0.05) is 51.1 Å². The predicted molar refractivity (Wildman–Crippen MR) is 116 cm³/mol. The molecule has 0 radical (unpaired) electrons. The minimum Gasteiger partial charge on any atom is -0.324 e. The number of anilines is 2. The van der Waals surface area contributed by atoms with E-state index in [2.05, 4.69) is 26.1 Å². The molecule has 156 valence electrons. The monoisotopic (exact) mass is 405 g/mol. The van der Waals surface area contributed by atoms with Gasteiger partial charge in [0, 0.05) is 12.1 Å². The van der Waals surface area contributed by atoms with Crippen molar-refractivity contribution in [3.05, 3.63) is 59.7 Å². The number of nitrogens with zero attached hydrogens (tertiary/aromatic N) is 2. The molecule has 2 aliphatic heterocycles. The van der Waals surface area contributed by atoms with Gasteiger partial charge in [-0.15, -0.1) is 0 Å². The van der Waals surface area contributed by atoms with Gasteiger partial charge in [0.05, 0.1) is 11.3 Å². The summed E-state index contributed by atoms with van der Waals surface area (Å²) in [5, 5.41) is 2.98. The lowest BCUT2D eigenvalue weighted by Crippen LogP contribution is -2.63. The van der Waals surface area contributed by atoms with Crippen molar-refractivity contribution in [2.24, 2.45) is 0 Å². The Hall–Kier alpha value is -3.15. The van der Waals surface area contributed by atoms with E-state index in [1.54, 1.807) is 23.1 Å². The van der Waals surface area contributed by atoms with Crippen molar-refractivity contribution in [3.63, 3.8) is 0 Å². The van der Waals surface area contributed by atoms with Crippen LogP contribution in [0.25, 0.3) is 0 Å². The van der Waals surface area contributed by atoms with Gasteiger partial charge in [0.1, 0.15) is 12.2 Å². The number of amides is 3. The first-order chi connectivity index (χ1) is 14.1. The van der Waals surface area contributed by atoms with Gasteiger partial charge < -0.3 is 10.2 Å². The van der Waals surface area contributed by atoms with Crippen LogP contribution >= 0.6 is 0 Å². The van der Waals surface area contributed by atoms with E-state index in [-0.39, 0.29) is 29.7 Å². The molecular weight excluding hydrogens is 378 g/mol. The summed E-state index contributed by atoms with van der Waals surface area (Å²) < 4.78 is 0. The summed E-state index contributed by atoms with van der Waals surface area (Å²) in [5.74, 6) is -0.529. The number of carbonyl (C=O) groups is 3. The number of hydrogen-bond donors (Lipinski definition) is 1. The molecule has 0 saturated carbocycles. The Balaban J connectivity index is 1.65. The molecular formula is C24H27N3O3. The van der Waals surface area contributed by atoms with E-state index < -0.39 is 5.66 Å². The van der Waals surface area contributed by atoms with E-state index in [1.807, 2.05) is 37.3 Å². The first-order valence-electron chi connectivity index (χ1n) is 10.3. The van der Waals surface area contributed by atoms with Crippen molar-refractivity contribution in [2.75, 3.05) is 16.8 Å². The van der Waals surface area contributed by atoms with Crippen molar-refractivity contribution < 1.29 is 14.4 Å². The number of fused-ring (bicyclic) bond motifs is 3. The molecule has 1 saturated heterocycles. The zero-order valence-corrected chi connectivity index (χ0v) is 17.9. The fourth-order valence-electron chi connectivity index (χ4n) is 4.52. The van der Waals surface area contributed by atoms with Crippen LogP contribution in [0.2, 0.25) is 0 Å². The molecule has 6 nitrogen and oxygen atoms in total. The fraction of sp³-hybridized carbons (Fsp3) is 0.375. The second kappa shape index (κ2) is 6.97. The van der Waals surface area contributed by atoms with E-state index in [4.69, 9.17) is 0 Å². The van der Waals surface area contributed by atoms with Gasteiger partial charge in [-0.3, -0.25) is 19.3 Å². The Kier molecular flexibility index (Phi) is 4.68. The molecule has 2 heterocycles. The van der Waals surface area contributed by atoms with Crippen molar-refractivity contribution >= 4 is 29.1 Å². The van der Waals surface area contributed by atoms with Crippen LogP contribution in [0.1, 0.15) is 56.5 Å². The molecule has 0 aliphatic carbocycles. The molecule has 4 rings (SSSR count). The summed E-state index contributed by atoms with van der Waals surface area (Å²) in [6.07, 6.45) is 0.848. The molecule has 0 aromatic heterocycles. The van der Waals surface area contributed by atoms with Crippen molar-refractivity contribution in [3.8, 4) is 0 Å². The summed E-state index contributed by atoms with van der Waals surface area (Å²) in [4.78, 5) is 42.2. The van der Waals surface area contributed by atoms with Crippen LogP contribution < -0.4 is 10.2 Å². The molecule has 2 aliphatic rings. The Morgan fingerprint density at radius 3 is 2.47 bits per heavy atom. The second-order valence-electron chi connectivity index (χ2n) is 9.20. The van der Waals surface area contributed by atoms with Crippen molar-refractivity contribution in [1.82, 2.24) is 4.90 Å². The lowest BCUT2D eigenvalue weighted by Gasteiger charge is -2.48. The minimum atomic E-state index is -0.844. The van der Waals surface area contributed by atoms with Crippen LogP contribution in [0.5, 0.6) is 0 Å². The van der Waals surface area contributed by atoms with Crippen LogP contribution in [0.15, 0.2) is 48.5 Å². The summed E-state index contributed by atoms with van der Waals surface area (Å²) >= 11 is 0. The summed E-state index contributed by atoms with van der Waals surface area (Å²) in [7, 11) is 0. The molecule has 2 aromatic carbocycles. The molecule has 1 fully saturated rings. The van der Waals surface area contributed by atoms with Crippen molar-refractivity contribution in [1.29, 1.82) is 0 Å².